The second-order valence-corrected chi connectivity index (χ2v) is 6.92. The first-order chi connectivity index (χ1) is 8.28. The molecule has 0 aromatic heterocycles. The molecule has 0 aromatic carbocycles. The Morgan fingerprint density at radius 2 is 1.94 bits per heavy atom. The molecule has 1 heterocycles. The highest BCUT2D eigenvalue weighted by atomic mass is 16.6. The van der Waals surface area contributed by atoms with E-state index in [-0.39, 0.29) is 6.09 Å². The highest BCUT2D eigenvalue weighted by Gasteiger charge is 2.44. The van der Waals surface area contributed by atoms with Gasteiger partial charge in [-0.15, -0.1) is 0 Å². The second kappa shape index (κ2) is 4.72. The number of likely N-dealkylation sites (tertiary alicyclic amines) is 1. The van der Waals surface area contributed by atoms with Gasteiger partial charge < -0.3 is 15.4 Å². The summed E-state index contributed by atoms with van der Waals surface area (Å²) in [5, 5.41) is 0. The quantitative estimate of drug-likeness (QED) is 0.780. The first kappa shape index (κ1) is 13.7. The molecule has 4 heteroatoms. The van der Waals surface area contributed by atoms with Crippen molar-refractivity contribution in [1.82, 2.24) is 4.90 Å². The molecule has 0 radical (unpaired) electrons. The Morgan fingerprint density at radius 1 is 1.33 bits per heavy atom. The van der Waals surface area contributed by atoms with E-state index in [1.165, 1.54) is 6.42 Å². The molecule has 18 heavy (non-hydrogen) atoms. The van der Waals surface area contributed by atoms with Gasteiger partial charge in [0.25, 0.3) is 0 Å². The van der Waals surface area contributed by atoms with Crippen molar-refractivity contribution in [2.24, 2.45) is 23.5 Å². The Bertz CT molecular complexity index is 324. The predicted octanol–water partition coefficient (Wildman–Crippen LogP) is 2.23. The normalized spacial score (nSPS) is 36.4. The van der Waals surface area contributed by atoms with Crippen LogP contribution in [0.5, 0.6) is 0 Å². The van der Waals surface area contributed by atoms with Crippen LogP contribution in [-0.4, -0.2) is 35.7 Å². The zero-order valence-corrected chi connectivity index (χ0v) is 12.0. The summed E-state index contributed by atoms with van der Waals surface area (Å²) in [7, 11) is 0. The predicted molar refractivity (Wildman–Crippen MR) is 71.2 cm³/mol. The molecule has 4 unspecified atom stereocenters. The van der Waals surface area contributed by atoms with Gasteiger partial charge in [-0.05, 0) is 51.4 Å². The molecule has 2 aliphatic rings. The smallest absolute Gasteiger partial charge is 0.410 e. The van der Waals surface area contributed by atoms with Crippen LogP contribution in [-0.2, 0) is 4.74 Å². The van der Waals surface area contributed by atoms with E-state index in [2.05, 4.69) is 6.92 Å². The van der Waals surface area contributed by atoms with Crippen LogP contribution in [0.4, 0.5) is 4.79 Å². The first-order valence-corrected chi connectivity index (χ1v) is 7.01. The molecule has 1 aliphatic heterocycles. The van der Waals surface area contributed by atoms with Crippen molar-refractivity contribution in [2.75, 3.05) is 13.1 Å². The number of amides is 1. The lowest BCUT2D eigenvalue weighted by Crippen LogP contribution is -2.45. The third-order valence-electron chi connectivity index (χ3n) is 4.06. The minimum atomic E-state index is -0.407. The van der Waals surface area contributed by atoms with E-state index < -0.39 is 5.60 Å². The maximum atomic E-state index is 12.0. The standard InChI is InChI=1S/C14H26N2O2/c1-9-8-16(13(17)18-14(2,3)4)6-5-10(9)11-7-12(11)15/h9-12H,5-8,15H2,1-4H3. The van der Waals surface area contributed by atoms with Crippen LogP contribution in [0.15, 0.2) is 0 Å². The van der Waals surface area contributed by atoms with Crippen LogP contribution in [0.2, 0.25) is 0 Å². The van der Waals surface area contributed by atoms with E-state index in [0.29, 0.717) is 23.8 Å². The van der Waals surface area contributed by atoms with Crippen LogP contribution in [0.25, 0.3) is 0 Å². The molecule has 0 aromatic rings. The van der Waals surface area contributed by atoms with E-state index in [0.717, 1.165) is 19.5 Å². The number of rotatable bonds is 1. The van der Waals surface area contributed by atoms with E-state index in [9.17, 15) is 4.79 Å². The van der Waals surface area contributed by atoms with Crippen LogP contribution in [0.3, 0.4) is 0 Å². The number of ether oxygens (including phenoxy) is 1. The average Bonchev–Trinajstić information content (AvgIpc) is 2.92. The molecule has 4 nitrogen and oxygen atoms in total. The molecule has 104 valence electrons. The number of carbonyl (C=O) groups is 1. The SMILES string of the molecule is CC1CN(C(=O)OC(C)(C)C)CCC1C1CC1N. The van der Waals surface area contributed by atoms with E-state index in [1.807, 2.05) is 25.7 Å². The van der Waals surface area contributed by atoms with Gasteiger partial charge in [0, 0.05) is 19.1 Å². The summed E-state index contributed by atoms with van der Waals surface area (Å²) in [6.45, 7) is 9.57. The van der Waals surface area contributed by atoms with Crippen LogP contribution in [0.1, 0.15) is 40.5 Å². The number of piperidine rings is 1. The summed E-state index contributed by atoms with van der Waals surface area (Å²) in [6.07, 6.45) is 2.06. The number of nitrogens with zero attached hydrogens (tertiary/aromatic N) is 1. The van der Waals surface area contributed by atoms with Crippen molar-refractivity contribution in [3.63, 3.8) is 0 Å². The summed E-state index contributed by atoms with van der Waals surface area (Å²) in [5.41, 5.74) is 5.53. The monoisotopic (exact) mass is 254 g/mol. The van der Waals surface area contributed by atoms with Crippen molar-refractivity contribution in [3.05, 3.63) is 0 Å². The molecule has 0 bridgehead atoms. The van der Waals surface area contributed by atoms with Crippen molar-refractivity contribution in [1.29, 1.82) is 0 Å². The summed E-state index contributed by atoms with van der Waals surface area (Å²) < 4.78 is 5.42. The Morgan fingerprint density at radius 3 is 2.39 bits per heavy atom. The highest BCUT2D eigenvalue weighted by Crippen LogP contribution is 2.43. The highest BCUT2D eigenvalue weighted by molar-refractivity contribution is 5.68. The first-order valence-electron chi connectivity index (χ1n) is 7.01. The van der Waals surface area contributed by atoms with Crippen molar-refractivity contribution < 1.29 is 9.53 Å². The number of hydrogen-bond donors (Lipinski definition) is 1. The molecular weight excluding hydrogens is 228 g/mol. The van der Waals surface area contributed by atoms with Gasteiger partial charge in [0.15, 0.2) is 0 Å². The molecule has 1 saturated carbocycles. The van der Waals surface area contributed by atoms with E-state index in [1.54, 1.807) is 0 Å². The number of nitrogens with two attached hydrogens (primary N) is 1. The Balaban J connectivity index is 1.86. The average molecular weight is 254 g/mol. The van der Waals surface area contributed by atoms with Gasteiger partial charge in [-0.25, -0.2) is 4.79 Å². The summed E-state index contributed by atoms with van der Waals surface area (Å²) in [5.74, 6) is 1.92. The van der Waals surface area contributed by atoms with Crippen LogP contribution < -0.4 is 5.73 Å². The largest absolute Gasteiger partial charge is 0.444 e. The lowest BCUT2D eigenvalue weighted by Gasteiger charge is -2.37. The molecular formula is C14H26N2O2. The molecule has 2 N–H and O–H groups in total. The lowest BCUT2D eigenvalue weighted by molar-refractivity contribution is 0.0100. The van der Waals surface area contributed by atoms with Crippen LogP contribution in [0, 0.1) is 17.8 Å². The molecule has 1 aliphatic carbocycles. The van der Waals surface area contributed by atoms with Gasteiger partial charge in [-0.2, -0.15) is 0 Å². The third kappa shape index (κ3) is 3.16. The van der Waals surface area contributed by atoms with Crippen LogP contribution >= 0.6 is 0 Å². The van der Waals surface area contributed by atoms with Gasteiger partial charge in [0.2, 0.25) is 0 Å². The third-order valence-corrected chi connectivity index (χ3v) is 4.06. The van der Waals surface area contributed by atoms with Crippen molar-refractivity contribution in [2.45, 2.75) is 52.2 Å². The second-order valence-electron chi connectivity index (χ2n) is 6.92. The minimum absolute atomic E-state index is 0.173. The number of hydrogen-bond acceptors (Lipinski definition) is 3. The fraction of sp³-hybridized carbons (Fsp3) is 0.929. The molecule has 4 atom stereocenters. The zero-order valence-electron chi connectivity index (χ0n) is 12.0. The topological polar surface area (TPSA) is 55.6 Å². The fourth-order valence-corrected chi connectivity index (χ4v) is 3.02. The van der Waals surface area contributed by atoms with Crippen molar-refractivity contribution >= 4 is 6.09 Å². The van der Waals surface area contributed by atoms with Crippen molar-refractivity contribution in [3.8, 4) is 0 Å². The summed E-state index contributed by atoms with van der Waals surface area (Å²) in [6, 6.07) is 0.408. The molecule has 1 amide bonds. The van der Waals surface area contributed by atoms with E-state index >= 15 is 0 Å². The van der Waals surface area contributed by atoms with Gasteiger partial charge in [-0.3, -0.25) is 0 Å². The molecule has 0 spiro atoms. The van der Waals surface area contributed by atoms with Gasteiger partial charge >= 0.3 is 6.09 Å². The maximum absolute atomic E-state index is 12.0. The fourth-order valence-electron chi connectivity index (χ4n) is 3.02. The zero-order chi connectivity index (χ0) is 13.5. The summed E-state index contributed by atoms with van der Waals surface area (Å²) >= 11 is 0. The van der Waals surface area contributed by atoms with Gasteiger partial charge in [-0.1, -0.05) is 6.92 Å². The molecule has 2 fully saturated rings. The lowest BCUT2D eigenvalue weighted by atomic mass is 9.83. The van der Waals surface area contributed by atoms with Gasteiger partial charge in [0.1, 0.15) is 5.60 Å². The minimum Gasteiger partial charge on any atom is -0.444 e. The molecule has 2 rings (SSSR count). The molecule has 1 saturated heterocycles. The Kier molecular flexibility index (Phi) is 3.58. The number of carbonyl (C=O) groups excluding carboxylic acids is 1. The Hall–Kier alpha value is -0.770. The Labute approximate surface area is 110 Å². The van der Waals surface area contributed by atoms with E-state index in [4.69, 9.17) is 10.5 Å². The maximum Gasteiger partial charge on any atom is 0.410 e. The summed E-state index contributed by atoms with van der Waals surface area (Å²) in [4.78, 5) is 13.8. The van der Waals surface area contributed by atoms with Gasteiger partial charge in [0.05, 0.1) is 0 Å².